The average Bonchev–Trinajstić information content (AvgIpc) is 2.46. The fraction of sp³-hybridized carbons (Fsp3) is 0.562. The molecule has 0 spiro atoms. The lowest BCUT2D eigenvalue weighted by atomic mass is 10.1. The molecule has 2 atom stereocenters. The lowest BCUT2D eigenvalue weighted by Gasteiger charge is -2.25. The first-order valence-corrected chi connectivity index (χ1v) is 7.26. The molecular formula is C16H27N3O. The Labute approximate surface area is 122 Å². The van der Waals surface area contributed by atoms with Gasteiger partial charge in [-0.3, -0.25) is 9.69 Å². The van der Waals surface area contributed by atoms with E-state index in [4.69, 9.17) is 5.73 Å². The number of hydrogen-bond acceptors (Lipinski definition) is 3. The minimum atomic E-state index is -0.148. The molecule has 1 aromatic rings. The van der Waals surface area contributed by atoms with Crippen LogP contribution in [0.15, 0.2) is 24.3 Å². The number of nitrogens with one attached hydrogen (secondary N) is 1. The maximum Gasteiger partial charge on any atom is 0.237 e. The summed E-state index contributed by atoms with van der Waals surface area (Å²) in [6.45, 7) is 7.31. The lowest BCUT2D eigenvalue weighted by molar-refractivity contribution is -0.126. The molecule has 0 radical (unpaired) electrons. The summed E-state index contributed by atoms with van der Waals surface area (Å²) < 4.78 is 0. The van der Waals surface area contributed by atoms with Crippen molar-refractivity contribution in [2.45, 2.75) is 52.4 Å². The highest BCUT2D eigenvalue weighted by Gasteiger charge is 2.19. The van der Waals surface area contributed by atoms with Gasteiger partial charge in [-0.1, -0.05) is 31.2 Å². The Morgan fingerprint density at radius 2 is 2.00 bits per heavy atom. The van der Waals surface area contributed by atoms with E-state index in [2.05, 4.69) is 24.4 Å². The van der Waals surface area contributed by atoms with Crippen molar-refractivity contribution in [3.05, 3.63) is 35.4 Å². The smallest absolute Gasteiger partial charge is 0.237 e. The largest absolute Gasteiger partial charge is 0.352 e. The summed E-state index contributed by atoms with van der Waals surface area (Å²) in [6, 6.07) is 8.26. The number of benzene rings is 1. The second-order valence-electron chi connectivity index (χ2n) is 5.43. The highest BCUT2D eigenvalue weighted by atomic mass is 16.2. The monoisotopic (exact) mass is 277 g/mol. The van der Waals surface area contributed by atoms with Crippen LogP contribution in [0, 0.1) is 0 Å². The normalized spacial score (nSPS) is 14.1. The predicted octanol–water partition coefficient (Wildman–Crippen LogP) is 1.88. The van der Waals surface area contributed by atoms with Gasteiger partial charge in [0.1, 0.15) is 0 Å². The summed E-state index contributed by atoms with van der Waals surface area (Å²) in [5, 5.41) is 3.02. The van der Waals surface area contributed by atoms with Crippen LogP contribution in [-0.4, -0.2) is 29.9 Å². The Balaban J connectivity index is 2.60. The van der Waals surface area contributed by atoms with Crippen LogP contribution < -0.4 is 11.1 Å². The molecule has 2 unspecified atom stereocenters. The van der Waals surface area contributed by atoms with Gasteiger partial charge in [0.15, 0.2) is 0 Å². The van der Waals surface area contributed by atoms with Crippen LogP contribution in [0.5, 0.6) is 0 Å². The Morgan fingerprint density at radius 3 is 2.60 bits per heavy atom. The van der Waals surface area contributed by atoms with Crippen molar-refractivity contribution < 1.29 is 4.79 Å². The van der Waals surface area contributed by atoms with Gasteiger partial charge in [0.05, 0.1) is 6.04 Å². The molecule has 0 bridgehead atoms. The standard InChI is InChI=1S/C16H27N3O/c1-5-12(2)18-16(20)13(3)19(4)11-15-8-6-7-14(9-15)10-17/h6-9,12-13H,5,10-11,17H2,1-4H3,(H,18,20). The summed E-state index contributed by atoms with van der Waals surface area (Å²) >= 11 is 0. The third-order valence-electron chi connectivity index (χ3n) is 3.70. The number of carbonyl (C=O) groups is 1. The molecule has 0 heterocycles. The summed E-state index contributed by atoms with van der Waals surface area (Å²) in [4.78, 5) is 14.1. The van der Waals surface area contributed by atoms with Crippen LogP contribution in [-0.2, 0) is 17.9 Å². The molecule has 0 aliphatic heterocycles. The maximum atomic E-state index is 12.1. The molecule has 1 aromatic carbocycles. The first-order valence-electron chi connectivity index (χ1n) is 7.26. The second-order valence-corrected chi connectivity index (χ2v) is 5.43. The van der Waals surface area contributed by atoms with E-state index in [0.29, 0.717) is 6.54 Å². The zero-order chi connectivity index (χ0) is 15.1. The van der Waals surface area contributed by atoms with Crippen molar-refractivity contribution in [3.8, 4) is 0 Å². The minimum Gasteiger partial charge on any atom is -0.352 e. The molecule has 0 aliphatic rings. The van der Waals surface area contributed by atoms with Gasteiger partial charge in [-0.05, 0) is 38.4 Å². The maximum absolute atomic E-state index is 12.1. The molecule has 4 nitrogen and oxygen atoms in total. The van der Waals surface area contributed by atoms with Crippen molar-refractivity contribution in [3.63, 3.8) is 0 Å². The fourth-order valence-corrected chi connectivity index (χ4v) is 1.95. The van der Waals surface area contributed by atoms with E-state index in [0.717, 1.165) is 18.5 Å². The summed E-state index contributed by atoms with van der Waals surface area (Å²) in [5.74, 6) is 0.0804. The van der Waals surface area contributed by atoms with Gasteiger partial charge in [0, 0.05) is 19.1 Å². The minimum absolute atomic E-state index is 0.0804. The molecular weight excluding hydrogens is 250 g/mol. The van der Waals surface area contributed by atoms with Crippen LogP contribution in [0.1, 0.15) is 38.3 Å². The quantitative estimate of drug-likeness (QED) is 0.800. The molecule has 1 amide bonds. The van der Waals surface area contributed by atoms with Crippen LogP contribution >= 0.6 is 0 Å². The lowest BCUT2D eigenvalue weighted by Crippen LogP contribution is -2.45. The number of likely N-dealkylation sites (N-methyl/N-ethyl adjacent to an activating group) is 1. The molecule has 0 saturated heterocycles. The van der Waals surface area contributed by atoms with E-state index in [9.17, 15) is 4.79 Å². The first-order chi connectivity index (χ1) is 9.47. The molecule has 0 aliphatic carbocycles. The van der Waals surface area contributed by atoms with Crippen molar-refractivity contribution in [2.24, 2.45) is 5.73 Å². The molecule has 0 fully saturated rings. The number of nitrogens with zero attached hydrogens (tertiary/aromatic N) is 1. The molecule has 4 heteroatoms. The third kappa shape index (κ3) is 4.94. The van der Waals surface area contributed by atoms with Gasteiger partial charge in [0.25, 0.3) is 0 Å². The summed E-state index contributed by atoms with van der Waals surface area (Å²) in [5.41, 5.74) is 7.95. The fourth-order valence-electron chi connectivity index (χ4n) is 1.95. The Bertz CT molecular complexity index is 433. The van der Waals surface area contributed by atoms with Crippen molar-refractivity contribution in [1.29, 1.82) is 0 Å². The molecule has 0 aromatic heterocycles. The predicted molar refractivity (Wildman–Crippen MR) is 83.2 cm³/mol. The van der Waals surface area contributed by atoms with E-state index >= 15 is 0 Å². The van der Waals surface area contributed by atoms with Gasteiger partial charge < -0.3 is 11.1 Å². The molecule has 3 N–H and O–H groups in total. The van der Waals surface area contributed by atoms with Gasteiger partial charge in [0.2, 0.25) is 5.91 Å². The highest BCUT2D eigenvalue weighted by Crippen LogP contribution is 2.09. The number of rotatable bonds is 7. The van der Waals surface area contributed by atoms with Crippen LogP contribution in [0.3, 0.4) is 0 Å². The zero-order valence-corrected chi connectivity index (χ0v) is 13.0. The van der Waals surface area contributed by atoms with E-state index < -0.39 is 0 Å². The highest BCUT2D eigenvalue weighted by molar-refractivity contribution is 5.81. The van der Waals surface area contributed by atoms with Crippen LogP contribution in [0.4, 0.5) is 0 Å². The molecule has 1 rings (SSSR count). The second kappa shape index (κ2) is 8.02. The number of carbonyl (C=O) groups excluding carboxylic acids is 1. The van der Waals surface area contributed by atoms with Crippen molar-refractivity contribution in [1.82, 2.24) is 10.2 Å². The Hall–Kier alpha value is -1.39. The topological polar surface area (TPSA) is 58.4 Å². The van der Waals surface area contributed by atoms with Gasteiger partial charge in [-0.25, -0.2) is 0 Å². The number of hydrogen-bond donors (Lipinski definition) is 2. The van der Waals surface area contributed by atoms with Crippen LogP contribution in [0.25, 0.3) is 0 Å². The summed E-state index contributed by atoms with van der Waals surface area (Å²) in [6.07, 6.45) is 0.945. The first kappa shape index (κ1) is 16.7. The van der Waals surface area contributed by atoms with Crippen molar-refractivity contribution in [2.75, 3.05) is 7.05 Å². The van der Waals surface area contributed by atoms with Crippen LogP contribution in [0.2, 0.25) is 0 Å². The molecule has 0 saturated carbocycles. The number of amides is 1. The van der Waals surface area contributed by atoms with Crippen molar-refractivity contribution >= 4 is 5.91 Å². The van der Waals surface area contributed by atoms with E-state index in [1.807, 2.05) is 37.9 Å². The SMILES string of the molecule is CCC(C)NC(=O)C(C)N(C)Cc1cccc(CN)c1. The Kier molecular flexibility index (Phi) is 6.68. The number of nitrogens with two attached hydrogens (primary N) is 1. The van der Waals surface area contributed by atoms with Gasteiger partial charge >= 0.3 is 0 Å². The van der Waals surface area contributed by atoms with Gasteiger partial charge in [-0.2, -0.15) is 0 Å². The Morgan fingerprint density at radius 1 is 1.35 bits per heavy atom. The van der Waals surface area contributed by atoms with E-state index in [1.165, 1.54) is 5.56 Å². The third-order valence-corrected chi connectivity index (χ3v) is 3.70. The van der Waals surface area contributed by atoms with E-state index in [1.54, 1.807) is 0 Å². The van der Waals surface area contributed by atoms with Gasteiger partial charge in [-0.15, -0.1) is 0 Å². The molecule has 112 valence electrons. The summed E-state index contributed by atoms with van der Waals surface area (Å²) in [7, 11) is 1.97. The molecule has 20 heavy (non-hydrogen) atoms. The zero-order valence-electron chi connectivity index (χ0n) is 13.0. The van der Waals surface area contributed by atoms with E-state index in [-0.39, 0.29) is 18.0 Å². The average molecular weight is 277 g/mol.